The van der Waals surface area contributed by atoms with Gasteiger partial charge in [0.1, 0.15) is 15.0 Å². The van der Waals surface area contributed by atoms with Gasteiger partial charge in [0.25, 0.3) is 5.56 Å². The molecule has 25 heavy (non-hydrogen) atoms. The fourth-order valence-electron chi connectivity index (χ4n) is 2.73. The van der Waals surface area contributed by atoms with E-state index in [1.54, 1.807) is 23.1 Å². The van der Waals surface area contributed by atoms with E-state index in [2.05, 4.69) is 44.5 Å². The normalized spacial score (nSPS) is 12.5. The minimum atomic E-state index is -0.0167. The molecular formula is C18H27N3OS3. The predicted octanol–water partition coefficient (Wildman–Crippen LogP) is 4.74. The second-order valence-corrected chi connectivity index (χ2v) is 9.09. The zero-order valence-electron chi connectivity index (χ0n) is 15.6. The predicted molar refractivity (Wildman–Crippen MR) is 115 cm³/mol. The van der Waals surface area contributed by atoms with E-state index >= 15 is 0 Å². The molecule has 0 aliphatic heterocycles. The van der Waals surface area contributed by atoms with Crippen molar-refractivity contribution in [2.75, 3.05) is 13.1 Å². The van der Waals surface area contributed by atoms with Crippen LogP contribution in [0, 0.1) is 12.8 Å². The highest BCUT2D eigenvalue weighted by Crippen LogP contribution is 2.30. The third kappa shape index (κ3) is 4.83. The highest BCUT2D eigenvalue weighted by molar-refractivity contribution is 8.22. The van der Waals surface area contributed by atoms with E-state index in [0.717, 1.165) is 40.5 Å². The Morgan fingerprint density at radius 1 is 1.36 bits per heavy atom. The molecule has 0 aliphatic carbocycles. The molecule has 1 atom stereocenters. The SMILES string of the molecule is CC[C@@H](C)Cc1c(C)sc2nc(CSC(=S)N(CC)CC)[nH]c(=O)c12. The fourth-order valence-corrected chi connectivity index (χ4v) is 5.07. The van der Waals surface area contributed by atoms with Crippen molar-refractivity contribution in [1.82, 2.24) is 14.9 Å². The number of rotatable bonds is 7. The largest absolute Gasteiger partial charge is 0.358 e. The Morgan fingerprint density at radius 2 is 2.04 bits per heavy atom. The van der Waals surface area contributed by atoms with Crippen LogP contribution in [0.3, 0.4) is 0 Å². The van der Waals surface area contributed by atoms with Gasteiger partial charge in [0.2, 0.25) is 0 Å². The molecule has 4 nitrogen and oxygen atoms in total. The molecule has 0 bridgehead atoms. The minimum absolute atomic E-state index is 0.0167. The topological polar surface area (TPSA) is 49.0 Å². The Kier molecular flexibility index (Phi) is 7.46. The average molecular weight is 398 g/mol. The van der Waals surface area contributed by atoms with Crippen LogP contribution in [-0.4, -0.2) is 32.3 Å². The van der Waals surface area contributed by atoms with Crippen molar-refractivity contribution in [3.63, 3.8) is 0 Å². The van der Waals surface area contributed by atoms with Gasteiger partial charge >= 0.3 is 0 Å². The van der Waals surface area contributed by atoms with E-state index in [1.165, 1.54) is 10.4 Å². The van der Waals surface area contributed by atoms with E-state index in [1.807, 2.05) is 0 Å². The van der Waals surface area contributed by atoms with Crippen LogP contribution in [0.15, 0.2) is 4.79 Å². The van der Waals surface area contributed by atoms with E-state index < -0.39 is 0 Å². The Hall–Kier alpha value is -0.920. The van der Waals surface area contributed by atoms with Crippen molar-refractivity contribution in [3.05, 3.63) is 26.6 Å². The number of H-pyrrole nitrogens is 1. The maximum Gasteiger partial charge on any atom is 0.259 e. The van der Waals surface area contributed by atoms with Gasteiger partial charge in [-0.3, -0.25) is 4.79 Å². The van der Waals surface area contributed by atoms with Gasteiger partial charge in [-0.2, -0.15) is 0 Å². The zero-order chi connectivity index (χ0) is 18.6. The fraction of sp³-hybridized carbons (Fsp3) is 0.611. The highest BCUT2D eigenvalue weighted by Gasteiger charge is 2.17. The molecular weight excluding hydrogens is 370 g/mol. The molecule has 138 valence electrons. The van der Waals surface area contributed by atoms with Crippen molar-refractivity contribution >= 4 is 49.9 Å². The van der Waals surface area contributed by atoms with Crippen LogP contribution in [0.4, 0.5) is 0 Å². The molecule has 2 aromatic rings. The van der Waals surface area contributed by atoms with Gasteiger partial charge in [0.15, 0.2) is 0 Å². The molecule has 0 aliphatic rings. The first-order valence-electron chi connectivity index (χ1n) is 8.83. The summed E-state index contributed by atoms with van der Waals surface area (Å²) in [6.07, 6.45) is 2.05. The summed E-state index contributed by atoms with van der Waals surface area (Å²) in [4.78, 5) is 24.5. The number of nitrogens with zero attached hydrogens (tertiary/aromatic N) is 2. The molecule has 0 radical (unpaired) electrons. The molecule has 2 rings (SSSR count). The highest BCUT2D eigenvalue weighted by atomic mass is 32.2. The summed E-state index contributed by atoms with van der Waals surface area (Å²) < 4.78 is 0.854. The van der Waals surface area contributed by atoms with Crippen LogP contribution >= 0.6 is 35.3 Å². The van der Waals surface area contributed by atoms with Gasteiger partial charge in [-0.25, -0.2) is 4.98 Å². The number of fused-ring (bicyclic) bond motifs is 1. The first kappa shape index (κ1) is 20.4. The third-order valence-electron chi connectivity index (χ3n) is 4.52. The monoisotopic (exact) mass is 397 g/mol. The second-order valence-electron chi connectivity index (χ2n) is 6.27. The number of aromatic amines is 1. The van der Waals surface area contributed by atoms with Crippen LogP contribution in [0.1, 0.15) is 50.4 Å². The van der Waals surface area contributed by atoms with Crippen molar-refractivity contribution in [3.8, 4) is 0 Å². The van der Waals surface area contributed by atoms with Gasteiger partial charge in [-0.1, -0.05) is 44.2 Å². The quantitative estimate of drug-likeness (QED) is 0.684. The van der Waals surface area contributed by atoms with Crippen LogP contribution in [0.5, 0.6) is 0 Å². The lowest BCUT2D eigenvalue weighted by Crippen LogP contribution is -2.26. The molecule has 0 spiro atoms. The van der Waals surface area contributed by atoms with Crippen LogP contribution in [0.25, 0.3) is 10.2 Å². The molecule has 0 amide bonds. The molecule has 7 heteroatoms. The van der Waals surface area contributed by atoms with Crippen molar-refractivity contribution in [1.29, 1.82) is 0 Å². The van der Waals surface area contributed by atoms with Crippen molar-refractivity contribution < 1.29 is 0 Å². The Balaban J connectivity index is 2.25. The maximum atomic E-state index is 12.7. The Morgan fingerprint density at radius 3 is 2.64 bits per heavy atom. The molecule has 0 fully saturated rings. The van der Waals surface area contributed by atoms with Crippen molar-refractivity contribution in [2.24, 2.45) is 5.92 Å². The summed E-state index contributed by atoms with van der Waals surface area (Å²) >= 11 is 8.64. The van der Waals surface area contributed by atoms with Gasteiger partial charge in [0.05, 0.1) is 11.1 Å². The summed E-state index contributed by atoms with van der Waals surface area (Å²) in [6, 6.07) is 0. The lowest BCUT2D eigenvalue weighted by Gasteiger charge is -2.20. The Labute approximate surface area is 163 Å². The number of aryl methyl sites for hydroxylation is 1. The van der Waals surface area contributed by atoms with E-state index in [0.29, 0.717) is 17.5 Å². The Bertz CT molecular complexity index is 793. The molecule has 0 saturated heterocycles. The lowest BCUT2D eigenvalue weighted by molar-refractivity contribution is 0.482. The van der Waals surface area contributed by atoms with Gasteiger partial charge < -0.3 is 9.88 Å². The third-order valence-corrected chi connectivity index (χ3v) is 7.09. The van der Waals surface area contributed by atoms with Crippen LogP contribution in [0.2, 0.25) is 0 Å². The van der Waals surface area contributed by atoms with E-state index in [-0.39, 0.29) is 5.56 Å². The smallest absolute Gasteiger partial charge is 0.259 e. The first-order valence-corrected chi connectivity index (χ1v) is 11.0. The zero-order valence-corrected chi connectivity index (χ0v) is 18.1. The second kappa shape index (κ2) is 9.14. The molecule has 1 N–H and O–H groups in total. The summed E-state index contributed by atoms with van der Waals surface area (Å²) in [5.41, 5.74) is 1.15. The summed E-state index contributed by atoms with van der Waals surface area (Å²) in [5.74, 6) is 1.86. The van der Waals surface area contributed by atoms with E-state index in [4.69, 9.17) is 17.2 Å². The van der Waals surface area contributed by atoms with Crippen LogP contribution in [-0.2, 0) is 12.2 Å². The van der Waals surface area contributed by atoms with Gasteiger partial charge in [0, 0.05) is 18.0 Å². The number of nitrogens with one attached hydrogen (secondary N) is 1. The standard InChI is InChI=1S/C18H27N3OS3/c1-6-11(4)9-13-12(5)25-17-15(13)16(22)19-14(20-17)10-24-18(23)21(7-2)8-3/h11H,6-10H2,1-5H3,(H,19,20,22)/t11-/m1/s1. The van der Waals surface area contributed by atoms with Crippen molar-refractivity contribution in [2.45, 2.75) is 53.2 Å². The lowest BCUT2D eigenvalue weighted by atomic mass is 9.98. The molecule has 2 heterocycles. The number of hydrogen-bond acceptors (Lipinski definition) is 5. The number of thiophene rings is 1. The van der Waals surface area contributed by atoms with E-state index in [9.17, 15) is 4.79 Å². The maximum absolute atomic E-state index is 12.7. The van der Waals surface area contributed by atoms with Crippen LogP contribution < -0.4 is 5.56 Å². The minimum Gasteiger partial charge on any atom is -0.358 e. The first-order chi connectivity index (χ1) is 11.9. The average Bonchev–Trinajstić information content (AvgIpc) is 2.89. The summed E-state index contributed by atoms with van der Waals surface area (Å²) in [6.45, 7) is 12.5. The molecule has 0 unspecified atom stereocenters. The van der Waals surface area contributed by atoms with Gasteiger partial charge in [-0.15, -0.1) is 11.3 Å². The molecule has 0 aromatic carbocycles. The summed E-state index contributed by atoms with van der Waals surface area (Å²) in [5, 5.41) is 0.780. The summed E-state index contributed by atoms with van der Waals surface area (Å²) in [7, 11) is 0. The number of aromatic nitrogens is 2. The molecule has 2 aromatic heterocycles. The number of thiocarbonyl (C=S) groups is 1. The van der Waals surface area contributed by atoms with Gasteiger partial charge in [-0.05, 0) is 38.7 Å². The molecule has 0 saturated carbocycles. The number of thioether (sulfide) groups is 1. The number of hydrogen-bond donors (Lipinski definition) is 1.